The second kappa shape index (κ2) is 9.87. The van der Waals surface area contributed by atoms with Crippen molar-refractivity contribution in [2.75, 3.05) is 18.1 Å². The maximum Gasteiger partial charge on any atom is 0.256 e. The third kappa shape index (κ3) is 5.10. The van der Waals surface area contributed by atoms with Gasteiger partial charge in [0, 0.05) is 22.8 Å². The van der Waals surface area contributed by atoms with Crippen molar-refractivity contribution in [2.24, 2.45) is 11.1 Å². The Hall–Kier alpha value is -3.15. The van der Waals surface area contributed by atoms with Gasteiger partial charge < -0.3 is 20.7 Å². The maximum absolute atomic E-state index is 11.9. The molecule has 0 bridgehead atoms. The number of nitrogens with one attached hydrogen (secondary N) is 1. The second-order valence-corrected chi connectivity index (χ2v) is 14.1. The number of rotatable bonds is 6. The number of aliphatic hydroxyl groups is 1. The van der Waals surface area contributed by atoms with E-state index in [-0.39, 0.29) is 34.9 Å². The molecule has 2 aliphatic rings. The van der Waals surface area contributed by atoms with Gasteiger partial charge in [-0.15, -0.1) is 0 Å². The Balaban J connectivity index is 1.46. The Bertz CT molecular complexity index is 1550. The van der Waals surface area contributed by atoms with E-state index in [0.29, 0.717) is 17.0 Å². The standard InChI is InChI=1S/C27H31N5O4S2/c1-27(2,3)26-32(13-22(37-26)24(28)34)21(14-33)17-4-6-18(7-5-17)23-19-12-20(31-25(19)30-15-29-23)16-8-10-38(35,36)11-9-16/h4-8,12-13,15,21,26,33H,9-11,14H2,1-3H3,(H2,28,34)(H,29,30,31). The highest BCUT2D eigenvalue weighted by molar-refractivity contribution is 8.04. The smallest absolute Gasteiger partial charge is 0.256 e. The monoisotopic (exact) mass is 553 g/mol. The van der Waals surface area contributed by atoms with E-state index in [1.54, 1.807) is 12.3 Å². The van der Waals surface area contributed by atoms with Crippen molar-refractivity contribution in [2.45, 2.75) is 38.6 Å². The van der Waals surface area contributed by atoms with Crippen LogP contribution < -0.4 is 5.73 Å². The van der Waals surface area contributed by atoms with Gasteiger partial charge in [-0.2, -0.15) is 0 Å². The molecule has 4 N–H and O–H groups in total. The van der Waals surface area contributed by atoms with E-state index in [1.807, 2.05) is 35.2 Å². The molecule has 200 valence electrons. The maximum atomic E-state index is 11.9. The summed E-state index contributed by atoms with van der Waals surface area (Å²) >= 11 is 1.43. The molecule has 1 aromatic carbocycles. The molecule has 2 unspecified atom stereocenters. The molecule has 2 aromatic heterocycles. The number of aromatic amines is 1. The molecule has 9 nitrogen and oxygen atoms in total. The average Bonchev–Trinajstić information content (AvgIpc) is 3.50. The zero-order valence-electron chi connectivity index (χ0n) is 21.5. The number of nitrogens with two attached hydrogens (primary N) is 1. The summed E-state index contributed by atoms with van der Waals surface area (Å²) in [6.07, 6.45) is 5.50. The minimum absolute atomic E-state index is 0.0471. The van der Waals surface area contributed by atoms with Crippen LogP contribution in [-0.4, -0.2) is 62.8 Å². The van der Waals surface area contributed by atoms with Crippen LogP contribution in [-0.2, 0) is 14.6 Å². The van der Waals surface area contributed by atoms with E-state index in [4.69, 9.17) is 5.73 Å². The first-order chi connectivity index (χ1) is 18.0. The molecule has 0 spiro atoms. The van der Waals surface area contributed by atoms with Crippen LogP contribution in [0, 0.1) is 5.41 Å². The number of thioether (sulfide) groups is 1. The number of carbonyl (C=O) groups excluding carboxylic acids is 1. The Labute approximate surface area is 226 Å². The predicted molar refractivity (Wildman–Crippen MR) is 150 cm³/mol. The van der Waals surface area contributed by atoms with Gasteiger partial charge in [-0.1, -0.05) is 62.9 Å². The van der Waals surface area contributed by atoms with Gasteiger partial charge in [0.25, 0.3) is 5.91 Å². The fourth-order valence-electron chi connectivity index (χ4n) is 4.91. The minimum Gasteiger partial charge on any atom is -0.394 e. The fraction of sp³-hybridized carbons (Fsp3) is 0.370. The van der Waals surface area contributed by atoms with Crippen LogP contribution in [0.2, 0.25) is 0 Å². The van der Waals surface area contributed by atoms with E-state index < -0.39 is 15.7 Å². The van der Waals surface area contributed by atoms with Crippen LogP contribution in [0.1, 0.15) is 44.5 Å². The molecule has 2 atom stereocenters. The number of nitrogens with zero attached hydrogens (tertiary/aromatic N) is 3. The Morgan fingerprint density at radius 2 is 2.00 bits per heavy atom. The van der Waals surface area contributed by atoms with Gasteiger partial charge in [0.2, 0.25) is 0 Å². The molecule has 11 heteroatoms. The van der Waals surface area contributed by atoms with Crippen LogP contribution in [0.5, 0.6) is 0 Å². The van der Waals surface area contributed by atoms with Gasteiger partial charge in [0.05, 0.1) is 40.1 Å². The molecule has 0 radical (unpaired) electrons. The molecular formula is C27H31N5O4S2. The number of primary amides is 1. The molecule has 0 aliphatic carbocycles. The quantitative estimate of drug-likeness (QED) is 0.420. The summed E-state index contributed by atoms with van der Waals surface area (Å²) in [5.41, 5.74) is 10.5. The van der Waals surface area contributed by atoms with Crippen LogP contribution in [0.15, 0.2) is 53.8 Å². The number of carbonyl (C=O) groups is 1. The highest BCUT2D eigenvalue weighted by Crippen LogP contribution is 2.46. The molecule has 2 aliphatic heterocycles. The summed E-state index contributed by atoms with van der Waals surface area (Å²) in [7, 11) is -3.01. The highest BCUT2D eigenvalue weighted by atomic mass is 32.2. The Morgan fingerprint density at radius 1 is 1.26 bits per heavy atom. The fourth-order valence-corrected chi connectivity index (χ4v) is 7.29. The van der Waals surface area contributed by atoms with Gasteiger partial charge in [0.15, 0.2) is 9.84 Å². The molecule has 38 heavy (non-hydrogen) atoms. The Morgan fingerprint density at radius 3 is 2.61 bits per heavy atom. The largest absolute Gasteiger partial charge is 0.394 e. The van der Waals surface area contributed by atoms with E-state index >= 15 is 0 Å². The number of allylic oxidation sites excluding steroid dienone is 1. The average molecular weight is 554 g/mol. The van der Waals surface area contributed by atoms with Crippen molar-refractivity contribution in [3.63, 3.8) is 0 Å². The third-order valence-electron chi connectivity index (χ3n) is 6.90. The number of hydrogen-bond acceptors (Lipinski definition) is 8. The van der Waals surface area contributed by atoms with Gasteiger partial charge in [0.1, 0.15) is 12.0 Å². The normalized spacial score (nSPS) is 20.3. The van der Waals surface area contributed by atoms with E-state index in [2.05, 4.69) is 35.7 Å². The molecule has 3 aromatic rings. The summed E-state index contributed by atoms with van der Waals surface area (Å²) in [6.45, 7) is 6.17. The molecule has 1 amide bonds. The molecule has 5 rings (SSSR count). The summed E-state index contributed by atoms with van der Waals surface area (Å²) in [5, 5.41) is 11.2. The second-order valence-electron chi connectivity index (χ2n) is 10.7. The van der Waals surface area contributed by atoms with Gasteiger partial charge in [-0.05, 0) is 29.0 Å². The van der Waals surface area contributed by atoms with Crippen LogP contribution in [0.3, 0.4) is 0 Å². The van der Waals surface area contributed by atoms with Crippen LogP contribution >= 0.6 is 11.8 Å². The molecule has 0 saturated heterocycles. The van der Waals surface area contributed by atoms with E-state index in [9.17, 15) is 18.3 Å². The van der Waals surface area contributed by atoms with Crippen molar-refractivity contribution in [3.8, 4) is 11.3 Å². The van der Waals surface area contributed by atoms with Crippen molar-refractivity contribution < 1.29 is 18.3 Å². The van der Waals surface area contributed by atoms with E-state index in [1.165, 1.54) is 18.1 Å². The first kappa shape index (κ1) is 26.5. The molecule has 4 heterocycles. The zero-order chi connectivity index (χ0) is 27.2. The summed E-state index contributed by atoms with van der Waals surface area (Å²) < 4.78 is 23.6. The third-order valence-corrected chi connectivity index (χ3v) is 10.1. The lowest BCUT2D eigenvalue weighted by atomic mass is 9.93. The van der Waals surface area contributed by atoms with Crippen LogP contribution in [0.4, 0.5) is 0 Å². The first-order valence-electron chi connectivity index (χ1n) is 12.4. The number of aliphatic hydroxyl groups excluding tert-OH is 1. The summed E-state index contributed by atoms with van der Waals surface area (Å²) in [4.78, 5) is 26.6. The van der Waals surface area contributed by atoms with Crippen LogP contribution in [0.25, 0.3) is 27.9 Å². The zero-order valence-corrected chi connectivity index (χ0v) is 23.1. The number of aromatic nitrogens is 3. The van der Waals surface area contributed by atoms with E-state index in [0.717, 1.165) is 33.5 Å². The summed E-state index contributed by atoms with van der Waals surface area (Å²) in [6, 6.07) is 9.49. The molecular weight excluding hydrogens is 522 g/mol. The minimum atomic E-state index is -3.01. The van der Waals surface area contributed by atoms with Crippen molar-refractivity contribution >= 4 is 44.1 Å². The number of amides is 1. The van der Waals surface area contributed by atoms with Crippen molar-refractivity contribution in [3.05, 3.63) is 65.1 Å². The lowest BCUT2D eigenvalue weighted by Gasteiger charge is -2.39. The number of sulfone groups is 1. The van der Waals surface area contributed by atoms with Crippen molar-refractivity contribution in [1.82, 2.24) is 19.9 Å². The lowest BCUT2D eigenvalue weighted by molar-refractivity contribution is -0.113. The number of benzene rings is 1. The Kier molecular flexibility index (Phi) is 6.87. The predicted octanol–water partition coefficient (Wildman–Crippen LogP) is 3.61. The SMILES string of the molecule is CC(C)(C)C1SC(C(N)=O)=CN1C(CO)c1ccc(-c2ncnc3[nH]c(C4=CCS(=O)(=O)CC4)cc23)cc1. The van der Waals surface area contributed by atoms with Gasteiger partial charge >= 0.3 is 0 Å². The highest BCUT2D eigenvalue weighted by Gasteiger charge is 2.40. The molecule has 0 fully saturated rings. The summed E-state index contributed by atoms with van der Waals surface area (Å²) in [5.74, 6) is -0.282. The lowest BCUT2D eigenvalue weighted by Crippen LogP contribution is -2.39. The number of H-pyrrole nitrogens is 1. The number of fused-ring (bicyclic) bond motifs is 1. The van der Waals surface area contributed by atoms with Gasteiger partial charge in [-0.25, -0.2) is 18.4 Å². The topological polar surface area (TPSA) is 142 Å². The first-order valence-corrected chi connectivity index (χ1v) is 15.1. The number of hydrogen-bond donors (Lipinski definition) is 3. The van der Waals surface area contributed by atoms with Gasteiger partial charge in [-0.3, -0.25) is 4.79 Å². The van der Waals surface area contributed by atoms with Crippen molar-refractivity contribution in [1.29, 1.82) is 0 Å². The molecule has 0 saturated carbocycles.